The lowest BCUT2D eigenvalue weighted by molar-refractivity contribution is -0.126. The summed E-state index contributed by atoms with van der Waals surface area (Å²) in [6.45, 7) is 9.50. The largest absolute Gasteiger partial charge is 0.338 e. The number of aromatic nitrogens is 1. The van der Waals surface area contributed by atoms with Gasteiger partial charge in [0.05, 0.1) is 0 Å². The minimum absolute atomic E-state index is 0.136. The average molecular weight is 284 g/mol. The summed E-state index contributed by atoms with van der Waals surface area (Å²) in [6.07, 6.45) is 5.53. The van der Waals surface area contributed by atoms with Crippen LogP contribution in [0.4, 0.5) is 0 Å². The van der Waals surface area contributed by atoms with E-state index in [-0.39, 0.29) is 5.91 Å². The standard InChI is InChI=1S/C18H24N2O/c1-12(2)18(21)20-10-15-6-5-14(17(15)11-20)8-16-7-4-13(3)9-19-16/h4,7,9,14-15,17H,1,5-6,8,10-11H2,2-3H3/t14-,15-,17-/m1/s1. The number of rotatable bonds is 3. The van der Waals surface area contributed by atoms with Crippen LogP contribution in [0.2, 0.25) is 0 Å². The third-order valence-corrected chi connectivity index (χ3v) is 5.10. The Morgan fingerprint density at radius 1 is 1.38 bits per heavy atom. The van der Waals surface area contributed by atoms with Crippen LogP contribution in [0.15, 0.2) is 30.5 Å². The third kappa shape index (κ3) is 2.87. The molecule has 2 fully saturated rings. The van der Waals surface area contributed by atoms with Crippen molar-refractivity contribution in [3.8, 4) is 0 Å². The van der Waals surface area contributed by atoms with E-state index < -0.39 is 0 Å². The Kier molecular flexibility index (Phi) is 3.83. The monoisotopic (exact) mass is 284 g/mol. The Morgan fingerprint density at radius 3 is 2.86 bits per heavy atom. The Labute approximate surface area is 127 Å². The van der Waals surface area contributed by atoms with Crippen molar-refractivity contribution in [3.63, 3.8) is 0 Å². The van der Waals surface area contributed by atoms with Crippen molar-refractivity contribution in [2.75, 3.05) is 13.1 Å². The molecule has 1 aromatic heterocycles. The molecule has 0 aromatic carbocycles. The zero-order chi connectivity index (χ0) is 15.0. The van der Waals surface area contributed by atoms with Crippen LogP contribution in [0, 0.1) is 24.7 Å². The van der Waals surface area contributed by atoms with Gasteiger partial charge < -0.3 is 4.90 Å². The molecule has 0 N–H and O–H groups in total. The van der Waals surface area contributed by atoms with Crippen molar-refractivity contribution in [3.05, 3.63) is 41.7 Å². The van der Waals surface area contributed by atoms with Crippen LogP contribution in [0.25, 0.3) is 0 Å². The van der Waals surface area contributed by atoms with Crippen LogP contribution < -0.4 is 0 Å². The molecule has 1 saturated carbocycles. The van der Waals surface area contributed by atoms with E-state index in [0.717, 1.165) is 19.5 Å². The number of fused-ring (bicyclic) bond motifs is 1. The second-order valence-corrected chi connectivity index (χ2v) is 6.78. The molecular weight excluding hydrogens is 260 g/mol. The first-order valence-corrected chi connectivity index (χ1v) is 7.91. The highest BCUT2D eigenvalue weighted by atomic mass is 16.2. The summed E-state index contributed by atoms with van der Waals surface area (Å²) < 4.78 is 0. The molecule has 0 spiro atoms. The van der Waals surface area contributed by atoms with Crippen molar-refractivity contribution >= 4 is 5.91 Å². The summed E-state index contributed by atoms with van der Waals surface area (Å²) in [6, 6.07) is 4.29. The fourth-order valence-electron chi connectivity index (χ4n) is 3.96. The van der Waals surface area contributed by atoms with Crippen LogP contribution >= 0.6 is 0 Å². The number of likely N-dealkylation sites (tertiary alicyclic amines) is 1. The molecule has 21 heavy (non-hydrogen) atoms. The van der Waals surface area contributed by atoms with Crippen LogP contribution in [0.1, 0.15) is 31.0 Å². The predicted octanol–water partition coefficient (Wildman–Crippen LogP) is 2.99. The van der Waals surface area contributed by atoms with E-state index in [0.29, 0.717) is 23.3 Å². The van der Waals surface area contributed by atoms with Crippen LogP contribution in [-0.2, 0) is 11.2 Å². The molecule has 2 aliphatic rings. The van der Waals surface area contributed by atoms with Crippen LogP contribution in [-0.4, -0.2) is 28.9 Å². The fraction of sp³-hybridized carbons (Fsp3) is 0.556. The Hall–Kier alpha value is -1.64. The molecule has 0 radical (unpaired) electrons. The molecule has 0 unspecified atom stereocenters. The number of hydrogen-bond donors (Lipinski definition) is 0. The van der Waals surface area contributed by atoms with E-state index in [4.69, 9.17) is 0 Å². The van der Waals surface area contributed by atoms with Gasteiger partial charge >= 0.3 is 0 Å². The normalized spacial score (nSPS) is 27.7. The molecule has 1 aliphatic heterocycles. The SMILES string of the molecule is C=C(C)C(=O)N1C[C@H]2CC[C@H](Cc3ccc(C)cn3)[C@H]2C1. The van der Waals surface area contributed by atoms with E-state index in [1.165, 1.54) is 24.1 Å². The molecule has 3 nitrogen and oxygen atoms in total. The predicted molar refractivity (Wildman–Crippen MR) is 83.8 cm³/mol. The molecule has 2 heterocycles. The van der Waals surface area contributed by atoms with Crippen LogP contribution in [0.5, 0.6) is 0 Å². The zero-order valence-electron chi connectivity index (χ0n) is 13.0. The maximum Gasteiger partial charge on any atom is 0.248 e. The first kappa shape index (κ1) is 14.3. The second-order valence-electron chi connectivity index (χ2n) is 6.78. The van der Waals surface area contributed by atoms with Gasteiger partial charge in [-0.25, -0.2) is 0 Å². The van der Waals surface area contributed by atoms with Crippen molar-refractivity contribution in [1.29, 1.82) is 0 Å². The van der Waals surface area contributed by atoms with Crippen molar-refractivity contribution in [2.24, 2.45) is 17.8 Å². The first-order chi connectivity index (χ1) is 10.0. The lowest BCUT2D eigenvalue weighted by Gasteiger charge is -2.20. The van der Waals surface area contributed by atoms with Gasteiger partial charge in [0.1, 0.15) is 0 Å². The third-order valence-electron chi connectivity index (χ3n) is 5.10. The molecule has 1 saturated heterocycles. The molecule has 3 atom stereocenters. The van der Waals surface area contributed by atoms with E-state index in [1.807, 2.05) is 18.0 Å². The molecule has 1 aliphatic carbocycles. The molecule has 1 aromatic rings. The fourth-order valence-corrected chi connectivity index (χ4v) is 3.96. The van der Waals surface area contributed by atoms with Gasteiger partial charge in [0, 0.05) is 30.6 Å². The van der Waals surface area contributed by atoms with Gasteiger partial charge in [0.25, 0.3) is 0 Å². The summed E-state index contributed by atoms with van der Waals surface area (Å²) in [4.78, 5) is 18.6. The Balaban J connectivity index is 1.65. The minimum Gasteiger partial charge on any atom is -0.338 e. The van der Waals surface area contributed by atoms with Gasteiger partial charge in [0.15, 0.2) is 0 Å². The summed E-state index contributed by atoms with van der Waals surface area (Å²) >= 11 is 0. The molecule has 1 amide bonds. The number of amides is 1. The number of nitrogens with zero attached hydrogens (tertiary/aromatic N) is 2. The number of hydrogen-bond acceptors (Lipinski definition) is 2. The van der Waals surface area contributed by atoms with Gasteiger partial charge in [-0.15, -0.1) is 0 Å². The summed E-state index contributed by atoms with van der Waals surface area (Å²) in [5.74, 6) is 2.14. The number of carbonyl (C=O) groups excluding carboxylic acids is 1. The number of carbonyl (C=O) groups is 1. The van der Waals surface area contributed by atoms with Crippen molar-refractivity contribution in [2.45, 2.75) is 33.1 Å². The highest BCUT2D eigenvalue weighted by molar-refractivity contribution is 5.92. The lowest BCUT2D eigenvalue weighted by atomic mass is 9.89. The molecule has 112 valence electrons. The quantitative estimate of drug-likeness (QED) is 0.799. The maximum atomic E-state index is 12.1. The van der Waals surface area contributed by atoms with Crippen molar-refractivity contribution < 1.29 is 4.79 Å². The molecule has 0 bridgehead atoms. The van der Waals surface area contributed by atoms with Crippen molar-refractivity contribution in [1.82, 2.24) is 9.88 Å². The zero-order valence-corrected chi connectivity index (χ0v) is 13.0. The van der Waals surface area contributed by atoms with Gasteiger partial charge in [-0.3, -0.25) is 9.78 Å². The second kappa shape index (κ2) is 5.63. The van der Waals surface area contributed by atoms with Gasteiger partial charge in [-0.1, -0.05) is 12.6 Å². The summed E-state index contributed by atoms with van der Waals surface area (Å²) in [5, 5.41) is 0. The van der Waals surface area contributed by atoms with Gasteiger partial charge in [-0.05, 0) is 62.5 Å². The van der Waals surface area contributed by atoms with E-state index in [1.54, 1.807) is 0 Å². The first-order valence-electron chi connectivity index (χ1n) is 7.91. The smallest absolute Gasteiger partial charge is 0.248 e. The Morgan fingerprint density at radius 2 is 2.19 bits per heavy atom. The molecule has 3 heteroatoms. The molecular formula is C18H24N2O. The Bertz CT molecular complexity index is 549. The summed E-state index contributed by atoms with van der Waals surface area (Å²) in [7, 11) is 0. The van der Waals surface area contributed by atoms with Gasteiger partial charge in [0.2, 0.25) is 5.91 Å². The molecule has 3 rings (SSSR count). The highest BCUT2D eigenvalue weighted by Gasteiger charge is 2.43. The van der Waals surface area contributed by atoms with Crippen LogP contribution in [0.3, 0.4) is 0 Å². The summed E-state index contributed by atoms with van der Waals surface area (Å²) in [5.41, 5.74) is 3.06. The number of pyridine rings is 1. The topological polar surface area (TPSA) is 33.2 Å². The lowest BCUT2D eigenvalue weighted by Crippen LogP contribution is -2.30. The van der Waals surface area contributed by atoms with Gasteiger partial charge in [-0.2, -0.15) is 0 Å². The average Bonchev–Trinajstić information content (AvgIpc) is 3.02. The van der Waals surface area contributed by atoms with E-state index >= 15 is 0 Å². The highest BCUT2D eigenvalue weighted by Crippen LogP contribution is 2.43. The van der Waals surface area contributed by atoms with E-state index in [2.05, 4.69) is 30.6 Å². The maximum absolute atomic E-state index is 12.1. The minimum atomic E-state index is 0.136. The van der Waals surface area contributed by atoms with E-state index in [9.17, 15) is 4.79 Å². The number of aryl methyl sites for hydroxylation is 1.